The SMILES string of the molecule is CCNC1c2cc(OC)cc(Br)c2OC1CC. The van der Waals surface area contributed by atoms with E-state index in [1.54, 1.807) is 7.11 Å². The molecule has 0 aromatic heterocycles. The van der Waals surface area contributed by atoms with Crippen LogP contribution in [0.2, 0.25) is 0 Å². The minimum absolute atomic E-state index is 0.202. The van der Waals surface area contributed by atoms with Gasteiger partial charge in [-0.3, -0.25) is 0 Å². The third-order valence-corrected chi connectivity index (χ3v) is 3.67. The lowest BCUT2D eigenvalue weighted by atomic mass is 10.0. The van der Waals surface area contributed by atoms with E-state index in [1.807, 2.05) is 6.07 Å². The van der Waals surface area contributed by atoms with Crippen LogP contribution in [0.5, 0.6) is 11.5 Å². The average Bonchev–Trinajstić information content (AvgIpc) is 2.68. The summed E-state index contributed by atoms with van der Waals surface area (Å²) in [7, 11) is 1.68. The average molecular weight is 300 g/mol. The molecule has 0 fully saturated rings. The number of likely N-dealkylation sites (N-methyl/N-ethyl adjacent to an activating group) is 1. The molecule has 0 amide bonds. The quantitative estimate of drug-likeness (QED) is 0.925. The summed E-state index contributed by atoms with van der Waals surface area (Å²) in [6.45, 7) is 5.19. The van der Waals surface area contributed by atoms with Crippen LogP contribution in [-0.2, 0) is 0 Å². The second kappa shape index (κ2) is 5.27. The van der Waals surface area contributed by atoms with Crippen molar-refractivity contribution in [2.24, 2.45) is 0 Å². The first-order chi connectivity index (χ1) is 8.21. The maximum Gasteiger partial charge on any atom is 0.139 e. The van der Waals surface area contributed by atoms with E-state index in [-0.39, 0.29) is 12.1 Å². The molecule has 94 valence electrons. The lowest BCUT2D eigenvalue weighted by Gasteiger charge is -2.18. The topological polar surface area (TPSA) is 30.5 Å². The van der Waals surface area contributed by atoms with Gasteiger partial charge < -0.3 is 14.8 Å². The Hall–Kier alpha value is -0.740. The number of hydrogen-bond acceptors (Lipinski definition) is 3. The van der Waals surface area contributed by atoms with E-state index in [2.05, 4.69) is 41.2 Å². The summed E-state index contributed by atoms with van der Waals surface area (Å²) < 4.78 is 12.3. The van der Waals surface area contributed by atoms with E-state index in [9.17, 15) is 0 Å². The first kappa shape index (κ1) is 12.7. The summed E-state index contributed by atoms with van der Waals surface area (Å²) in [6, 6.07) is 4.26. The Morgan fingerprint density at radius 2 is 2.18 bits per heavy atom. The molecule has 17 heavy (non-hydrogen) atoms. The molecular formula is C13H18BrNO2. The van der Waals surface area contributed by atoms with Crippen LogP contribution in [0.4, 0.5) is 0 Å². The maximum atomic E-state index is 5.99. The number of fused-ring (bicyclic) bond motifs is 1. The number of hydrogen-bond donors (Lipinski definition) is 1. The molecule has 0 saturated heterocycles. The van der Waals surface area contributed by atoms with Crippen LogP contribution in [0.15, 0.2) is 16.6 Å². The summed E-state index contributed by atoms with van der Waals surface area (Å²) in [6.07, 6.45) is 1.19. The van der Waals surface area contributed by atoms with Crippen molar-refractivity contribution in [2.75, 3.05) is 13.7 Å². The van der Waals surface area contributed by atoms with E-state index < -0.39 is 0 Å². The number of rotatable bonds is 4. The van der Waals surface area contributed by atoms with Crippen LogP contribution >= 0.6 is 15.9 Å². The minimum Gasteiger partial charge on any atom is -0.497 e. The van der Waals surface area contributed by atoms with Gasteiger partial charge in [-0.25, -0.2) is 0 Å². The van der Waals surface area contributed by atoms with Crippen molar-refractivity contribution >= 4 is 15.9 Å². The van der Waals surface area contributed by atoms with E-state index in [0.29, 0.717) is 0 Å². The molecule has 2 atom stereocenters. The van der Waals surface area contributed by atoms with E-state index >= 15 is 0 Å². The number of nitrogens with one attached hydrogen (secondary N) is 1. The molecule has 1 aromatic rings. The summed E-state index contributed by atoms with van der Waals surface area (Å²) in [5.41, 5.74) is 1.19. The Bertz CT molecular complexity index is 409. The first-order valence-corrected chi connectivity index (χ1v) is 6.78. The molecule has 0 radical (unpaired) electrons. The van der Waals surface area contributed by atoms with Gasteiger partial charge >= 0.3 is 0 Å². The van der Waals surface area contributed by atoms with E-state index in [1.165, 1.54) is 5.56 Å². The highest BCUT2D eigenvalue weighted by atomic mass is 79.9. The molecule has 0 bridgehead atoms. The Morgan fingerprint density at radius 1 is 1.41 bits per heavy atom. The summed E-state index contributed by atoms with van der Waals surface area (Å²) in [5.74, 6) is 1.81. The fourth-order valence-corrected chi connectivity index (χ4v) is 2.81. The highest BCUT2D eigenvalue weighted by molar-refractivity contribution is 9.10. The van der Waals surface area contributed by atoms with Crippen LogP contribution in [0.3, 0.4) is 0 Å². The molecular weight excluding hydrogens is 282 g/mol. The van der Waals surface area contributed by atoms with Crippen LogP contribution in [-0.4, -0.2) is 19.8 Å². The van der Waals surface area contributed by atoms with Crippen LogP contribution in [0, 0.1) is 0 Å². The summed E-state index contributed by atoms with van der Waals surface area (Å²) in [4.78, 5) is 0. The Balaban J connectivity index is 2.41. The van der Waals surface area contributed by atoms with Gasteiger partial charge in [0.2, 0.25) is 0 Å². The molecule has 2 unspecified atom stereocenters. The second-order valence-corrected chi connectivity index (χ2v) is 4.98. The zero-order chi connectivity index (χ0) is 12.4. The van der Waals surface area contributed by atoms with E-state index in [4.69, 9.17) is 9.47 Å². The first-order valence-electron chi connectivity index (χ1n) is 5.98. The fraction of sp³-hybridized carbons (Fsp3) is 0.538. The van der Waals surface area contributed by atoms with Crippen molar-refractivity contribution in [2.45, 2.75) is 32.4 Å². The molecule has 1 heterocycles. The van der Waals surface area contributed by atoms with Crippen LogP contribution in [0.1, 0.15) is 31.9 Å². The summed E-state index contributed by atoms with van der Waals surface area (Å²) in [5, 5.41) is 3.48. The lowest BCUT2D eigenvalue weighted by Crippen LogP contribution is -2.30. The fourth-order valence-electron chi connectivity index (χ4n) is 2.26. The maximum absolute atomic E-state index is 5.99. The third-order valence-electron chi connectivity index (χ3n) is 3.08. The van der Waals surface area contributed by atoms with Gasteiger partial charge in [0.15, 0.2) is 0 Å². The van der Waals surface area contributed by atoms with Crippen molar-refractivity contribution in [3.63, 3.8) is 0 Å². The van der Waals surface area contributed by atoms with Crippen molar-refractivity contribution in [3.8, 4) is 11.5 Å². The smallest absolute Gasteiger partial charge is 0.139 e. The van der Waals surface area contributed by atoms with Crippen molar-refractivity contribution in [3.05, 3.63) is 22.2 Å². The number of ether oxygens (including phenoxy) is 2. The normalized spacial score (nSPS) is 22.1. The highest BCUT2D eigenvalue weighted by Gasteiger charge is 2.34. The molecule has 1 aliphatic rings. The molecule has 0 aliphatic carbocycles. The van der Waals surface area contributed by atoms with Crippen molar-refractivity contribution in [1.82, 2.24) is 5.32 Å². The monoisotopic (exact) mass is 299 g/mol. The van der Waals surface area contributed by atoms with Crippen LogP contribution in [0.25, 0.3) is 0 Å². The Kier molecular flexibility index (Phi) is 3.94. The summed E-state index contributed by atoms with van der Waals surface area (Å²) >= 11 is 3.54. The number of benzene rings is 1. The molecule has 1 N–H and O–H groups in total. The second-order valence-electron chi connectivity index (χ2n) is 4.13. The van der Waals surface area contributed by atoms with Gasteiger partial charge in [0.05, 0.1) is 17.6 Å². The van der Waals surface area contributed by atoms with Gasteiger partial charge in [-0.05, 0) is 41.0 Å². The predicted molar refractivity (Wildman–Crippen MR) is 71.8 cm³/mol. The standard InChI is InChI=1S/C13H18BrNO2/c1-4-11-12(15-5-2)9-6-8(16-3)7-10(14)13(9)17-11/h6-7,11-12,15H,4-5H2,1-3H3. The van der Waals surface area contributed by atoms with Gasteiger partial charge in [0.25, 0.3) is 0 Å². The van der Waals surface area contributed by atoms with Gasteiger partial charge in [-0.1, -0.05) is 13.8 Å². The van der Waals surface area contributed by atoms with Crippen molar-refractivity contribution in [1.29, 1.82) is 0 Å². The van der Waals surface area contributed by atoms with E-state index in [0.717, 1.165) is 28.9 Å². The van der Waals surface area contributed by atoms with Gasteiger partial charge in [0, 0.05) is 5.56 Å². The molecule has 3 nitrogen and oxygen atoms in total. The van der Waals surface area contributed by atoms with Crippen molar-refractivity contribution < 1.29 is 9.47 Å². The zero-order valence-electron chi connectivity index (χ0n) is 10.4. The van der Waals surface area contributed by atoms with Gasteiger partial charge in [-0.2, -0.15) is 0 Å². The molecule has 0 saturated carbocycles. The predicted octanol–water partition coefficient (Wildman–Crippen LogP) is 3.28. The lowest BCUT2D eigenvalue weighted by molar-refractivity contribution is 0.185. The van der Waals surface area contributed by atoms with Gasteiger partial charge in [0.1, 0.15) is 17.6 Å². The third kappa shape index (κ3) is 2.29. The highest BCUT2D eigenvalue weighted by Crippen LogP contribution is 2.44. The minimum atomic E-state index is 0.202. The van der Waals surface area contributed by atoms with Crippen LogP contribution < -0.4 is 14.8 Å². The molecule has 4 heteroatoms. The largest absolute Gasteiger partial charge is 0.497 e. The number of methoxy groups -OCH3 is 1. The Labute approximate surface area is 111 Å². The van der Waals surface area contributed by atoms with Gasteiger partial charge in [-0.15, -0.1) is 0 Å². The number of halogens is 1. The Morgan fingerprint density at radius 3 is 2.76 bits per heavy atom. The zero-order valence-corrected chi connectivity index (χ0v) is 12.0. The molecule has 2 rings (SSSR count). The molecule has 1 aromatic carbocycles. The molecule has 0 spiro atoms. The molecule has 1 aliphatic heterocycles.